The summed E-state index contributed by atoms with van der Waals surface area (Å²) in [7, 11) is -5.70. The summed E-state index contributed by atoms with van der Waals surface area (Å²) in [6.45, 7) is 5.45. The Kier molecular flexibility index (Phi) is 4.38. The van der Waals surface area contributed by atoms with Crippen LogP contribution < -0.4 is 0 Å². The predicted octanol–water partition coefficient (Wildman–Crippen LogP) is 3.26. The molecule has 0 bridgehead atoms. The van der Waals surface area contributed by atoms with E-state index in [1.165, 1.54) is 0 Å². The van der Waals surface area contributed by atoms with Crippen LogP contribution in [-0.4, -0.2) is 25.6 Å². The Morgan fingerprint density at radius 2 is 2.05 bits per heavy atom. The lowest BCUT2D eigenvalue weighted by atomic mass is 9.59. The molecule has 0 unspecified atom stereocenters. The standard InChI is InChI=1S/C14H19F3O4S/c1-9-3-4-11-10(8-18)12(5-6-13(11,2)7-9)21-22(19,20)14(15,16)17/h11,18H,1,3-8H2,2H3/t11-,13+/m0/s1. The molecule has 22 heavy (non-hydrogen) atoms. The molecular formula is C14H19F3O4S. The molecule has 0 radical (unpaired) electrons. The molecule has 126 valence electrons. The van der Waals surface area contributed by atoms with Crippen LogP contribution in [0.4, 0.5) is 13.2 Å². The van der Waals surface area contributed by atoms with Crippen molar-refractivity contribution in [3.8, 4) is 0 Å². The molecule has 0 aromatic carbocycles. The number of aliphatic hydroxyl groups is 1. The lowest BCUT2D eigenvalue weighted by molar-refractivity contribution is -0.0529. The van der Waals surface area contributed by atoms with Crippen LogP contribution >= 0.6 is 0 Å². The Bertz CT molecular complexity index is 606. The van der Waals surface area contributed by atoms with E-state index in [1.807, 2.05) is 6.92 Å². The third-order valence-electron chi connectivity index (χ3n) is 4.65. The maximum atomic E-state index is 12.5. The quantitative estimate of drug-likeness (QED) is 0.487. The zero-order valence-electron chi connectivity index (χ0n) is 12.2. The van der Waals surface area contributed by atoms with E-state index in [1.54, 1.807) is 0 Å². The molecule has 1 fully saturated rings. The van der Waals surface area contributed by atoms with Gasteiger partial charge in [0.05, 0.1) is 6.61 Å². The number of allylic oxidation sites excluding steroid dienone is 2. The van der Waals surface area contributed by atoms with Gasteiger partial charge in [0, 0.05) is 6.42 Å². The highest BCUT2D eigenvalue weighted by molar-refractivity contribution is 7.87. The minimum absolute atomic E-state index is 0.0610. The van der Waals surface area contributed by atoms with Crippen LogP contribution in [0.15, 0.2) is 23.5 Å². The first-order chi connectivity index (χ1) is 10.00. The summed E-state index contributed by atoms with van der Waals surface area (Å²) in [6, 6.07) is 0. The van der Waals surface area contributed by atoms with Crippen LogP contribution in [0.1, 0.15) is 39.0 Å². The van der Waals surface area contributed by atoms with Gasteiger partial charge < -0.3 is 9.29 Å². The lowest BCUT2D eigenvalue weighted by Crippen LogP contribution is -2.38. The molecule has 0 heterocycles. The lowest BCUT2D eigenvalue weighted by Gasteiger charge is -2.47. The zero-order valence-corrected chi connectivity index (χ0v) is 13.1. The largest absolute Gasteiger partial charge is 0.534 e. The Balaban J connectivity index is 2.36. The molecule has 4 nitrogen and oxygen atoms in total. The minimum atomic E-state index is -5.70. The number of aliphatic hydroxyl groups excluding tert-OH is 1. The Morgan fingerprint density at radius 3 is 2.59 bits per heavy atom. The molecule has 0 amide bonds. The normalized spacial score (nSPS) is 30.2. The summed E-state index contributed by atoms with van der Waals surface area (Å²) in [6.07, 6.45) is 2.63. The highest BCUT2D eigenvalue weighted by Crippen LogP contribution is 2.53. The first kappa shape index (κ1) is 17.3. The topological polar surface area (TPSA) is 63.6 Å². The third kappa shape index (κ3) is 3.03. The van der Waals surface area contributed by atoms with E-state index in [0.29, 0.717) is 19.3 Å². The molecule has 0 spiro atoms. The molecule has 0 aromatic rings. The van der Waals surface area contributed by atoms with Gasteiger partial charge >= 0.3 is 15.6 Å². The Hall–Kier alpha value is -1.02. The van der Waals surface area contributed by atoms with E-state index in [-0.39, 0.29) is 29.1 Å². The molecule has 0 aliphatic heterocycles. The van der Waals surface area contributed by atoms with E-state index in [4.69, 9.17) is 0 Å². The van der Waals surface area contributed by atoms with Gasteiger partial charge in [0.15, 0.2) is 0 Å². The van der Waals surface area contributed by atoms with E-state index in [9.17, 15) is 26.7 Å². The third-order valence-corrected chi connectivity index (χ3v) is 5.64. The van der Waals surface area contributed by atoms with Crippen molar-refractivity contribution >= 4 is 10.1 Å². The molecule has 2 aliphatic carbocycles. The first-order valence-corrected chi connectivity index (χ1v) is 8.41. The van der Waals surface area contributed by atoms with Crippen molar-refractivity contribution in [2.75, 3.05) is 6.61 Å². The number of halogens is 3. The van der Waals surface area contributed by atoms with Gasteiger partial charge in [-0.1, -0.05) is 19.1 Å². The van der Waals surface area contributed by atoms with Gasteiger partial charge in [-0.2, -0.15) is 21.6 Å². The van der Waals surface area contributed by atoms with Crippen molar-refractivity contribution in [2.45, 2.75) is 44.5 Å². The maximum absolute atomic E-state index is 12.5. The number of hydrogen-bond acceptors (Lipinski definition) is 4. The van der Waals surface area contributed by atoms with Crippen LogP contribution in [0.3, 0.4) is 0 Å². The van der Waals surface area contributed by atoms with Crippen LogP contribution in [0.5, 0.6) is 0 Å². The molecule has 2 rings (SSSR count). The van der Waals surface area contributed by atoms with Crippen molar-refractivity contribution in [2.24, 2.45) is 11.3 Å². The van der Waals surface area contributed by atoms with E-state index < -0.39 is 22.2 Å². The summed E-state index contributed by atoms with van der Waals surface area (Å²) in [5, 5.41) is 9.54. The molecule has 0 saturated heterocycles. The van der Waals surface area contributed by atoms with Crippen molar-refractivity contribution in [3.05, 3.63) is 23.5 Å². The fourth-order valence-electron chi connectivity index (χ4n) is 3.56. The maximum Gasteiger partial charge on any atom is 0.534 e. The van der Waals surface area contributed by atoms with E-state index >= 15 is 0 Å². The molecule has 1 N–H and O–H groups in total. The van der Waals surface area contributed by atoms with Gasteiger partial charge in [-0.3, -0.25) is 0 Å². The van der Waals surface area contributed by atoms with E-state index in [0.717, 1.165) is 12.0 Å². The van der Waals surface area contributed by atoms with Gasteiger partial charge in [-0.05, 0) is 42.6 Å². The van der Waals surface area contributed by atoms with Crippen molar-refractivity contribution in [1.29, 1.82) is 0 Å². The predicted molar refractivity (Wildman–Crippen MR) is 74.0 cm³/mol. The van der Waals surface area contributed by atoms with E-state index in [2.05, 4.69) is 10.8 Å². The summed E-state index contributed by atoms with van der Waals surface area (Å²) in [5.41, 5.74) is -4.35. The van der Waals surface area contributed by atoms with Gasteiger partial charge in [0.2, 0.25) is 0 Å². The molecule has 0 aromatic heterocycles. The molecule has 2 atom stereocenters. The molecular weight excluding hydrogens is 321 g/mol. The smallest absolute Gasteiger partial charge is 0.392 e. The second-order valence-corrected chi connectivity index (χ2v) is 7.80. The first-order valence-electron chi connectivity index (χ1n) is 7.00. The van der Waals surface area contributed by atoms with Crippen LogP contribution in [0, 0.1) is 11.3 Å². The summed E-state index contributed by atoms with van der Waals surface area (Å²) in [4.78, 5) is 0. The van der Waals surface area contributed by atoms with Crippen LogP contribution in [0.2, 0.25) is 0 Å². The fourth-order valence-corrected chi connectivity index (χ4v) is 4.11. The van der Waals surface area contributed by atoms with Crippen molar-refractivity contribution < 1.29 is 30.9 Å². The minimum Gasteiger partial charge on any atom is -0.392 e. The van der Waals surface area contributed by atoms with Gasteiger partial charge in [-0.15, -0.1) is 0 Å². The summed E-state index contributed by atoms with van der Waals surface area (Å²) in [5.74, 6) is -0.440. The number of hydrogen-bond donors (Lipinski definition) is 1. The van der Waals surface area contributed by atoms with Crippen LogP contribution in [-0.2, 0) is 14.3 Å². The molecule has 8 heteroatoms. The highest BCUT2D eigenvalue weighted by atomic mass is 32.2. The second kappa shape index (κ2) is 5.56. The summed E-state index contributed by atoms with van der Waals surface area (Å²) >= 11 is 0. The SMILES string of the molecule is C=C1CC[C@H]2C(CO)=C(OS(=O)(=O)C(F)(F)F)CC[C@]2(C)C1. The number of rotatable bonds is 3. The molecule has 1 saturated carbocycles. The fraction of sp³-hybridized carbons (Fsp3) is 0.714. The summed E-state index contributed by atoms with van der Waals surface area (Å²) < 4.78 is 64.1. The van der Waals surface area contributed by atoms with Crippen LogP contribution in [0.25, 0.3) is 0 Å². The number of alkyl halides is 3. The average molecular weight is 340 g/mol. The number of fused-ring (bicyclic) bond motifs is 1. The second-order valence-electron chi connectivity index (χ2n) is 6.26. The van der Waals surface area contributed by atoms with Crippen molar-refractivity contribution in [3.63, 3.8) is 0 Å². The van der Waals surface area contributed by atoms with Gasteiger partial charge in [0.25, 0.3) is 0 Å². The van der Waals surface area contributed by atoms with Gasteiger partial charge in [-0.25, -0.2) is 0 Å². The Labute approximate surface area is 127 Å². The Morgan fingerprint density at radius 1 is 1.41 bits per heavy atom. The molecule has 2 aliphatic rings. The zero-order chi connectivity index (χ0) is 16.8. The monoisotopic (exact) mass is 340 g/mol. The average Bonchev–Trinajstić information content (AvgIpc) is 2.37. The van der Waals surface area contributed by atoms with Gasteiger partial charge in [0.1, 0.15) is 5.76 Å². The highest BCUT2D eigenvalue weighted by Gasteiger charge is 2.51. The van der Waals surface area contributed by atoms with Crippen molar-refractivity contribution in [1.82, 2.24) is 0 Å².